The number of thioether (sulfide) groups is 1. The van der Waals surface area contributed by atoms with Gasteiger partial charge in [-0.05, 0) is 51.0 Å². The van der Waals surface area contributed by atoms with Crippen molar-refractivity contribution in [2.24, 2.45) is 0 Å². The van der Waals surface area contributed by atoms with E-state index < -0.39 is 0 Å². The summed E-state index contributed by atoms with van der Waals surface area (Å²) >= 11 is 3.40. The Morgan fingerprint density at radius 2 is 2.04 bits per heavy atom. The van der Waals surface area contributed by atoms with Gasteiger partial charge in [0.1, 0.15) is 16.2 Å². The molecular weight excluding hydrogens is 338 g/mol. The van der Waals surface area contributed by atoms with Crippen LogP contribution in [0.15, 0.2) is 11.4 Å². The third-order valence-electron chi connectivity index (χ3n) is 5.08. The smallest absolute Gasteiger partial charge is 0.233 e. The molecule has 1 N–H and O–H groups in total. The molecule has 128 valence electrons. The Labute approximate surface area is 150 Å². The first-order valence-electron chi connectivity index (χ1n) is 8.94. The van der Waals surface area contributed by atoms with Crippen LogP contribution in [0, 0.1) is 0 Å². The second-order valence-corrected chi connectivity index (χ2v) is 9.23. The quantitative estimate of drug-likeness (QED) is 0.658. The number of nitrogens with zero attached hydrogens (tertiary/aromatic N) is 2. The van der Waals surface area contributed by atoms with Crippen LogP contribution in [0.5, 0.6) is 0 Å². The predicted molar refractivity (Wildman–Crippen MR) is 99.8 cm³/mol. The highest BCUT2D eigenvalue weighted by Gasteiger charge is 2.24. The number of aromatic nitrogens is 2. The normalized spacial score (nSPS) is 19.4. The number of hydrogen-bond donors (Lipinski definition) is 1. The summed E-state index contributed by atoms with van der Waals surface area (Å²) in [5.74, 6) is 0.141. The average Bonchev–Trinajstić information content (AvgIpc) is 3.22. The molecule has 0 aromatic carbocycles. The summed E-state index contributed by atoms with van der Waals surface area (Å²) < 4.78 is 0. The molecular formula is C18H23N3OS2. The van der Waals surface area contributed by atoms with E-state index in [1.54, 1.807) is 18.1 Å². The standard InChI is InChI=1S/C18H23N3OS2/c1-11(16(22)21-12-6-2-3-7-12)23-17-15-13-8-4-5-9-14(13)24-18(15)20-10-19-17/h10-12H,2-9H2,1H3,(H,21,22)/t11-/m1/s1. The highest BCUT2D eigenvalue weighted by Crippen LogP contribution is 2.40. The van der Waals surface area contributed by atoms with E-state index >= 15 is 0 Å². The minimum Gasteiger partial charge on any atom is -0.352 e. The van der Waals surface area contributed by atoms with Crippen LogP contribution in [-0.4, -0.2) is 27.2 Å². The lowest BCUT2D eigenvalue weighted by molar-refractivity contribution is -0.120. The summed E-state index contributed by atoms with van der Waals surface area (Å²) in [6.07, 6.45) is 11.2. The molecule has 2 aromatic rings. The zero-order chi connectivity index (χ0) is 16.5. The van der Waals surface area contributed by atoms with E-state index in [0.717, 1.165) is 35.5 Å². The van der Waals surface area contributed by atoms with Gasteiger partial charge >= 0.3 is 0 Å². The van der Waals surface area contributed by atoms with E-state index in [1.165, 1.54) is 41.5 Å². The zero-order valence-corrected chi connectivity index (χ0v) is 15.6. The Bertz CT molecular complexity index is 752. The van der Waals surface area contributed by atoms with E-state index in [0.29, 0.717) is 6.04 Å². The Hall–Kier alpha value is -1.14. The summed E-state index contributed by atoms with van der Waals surface area (Å²) in [5.41, 5.74) is 1.44. The van der Waals surface area contributed by atoms with E-state index in [-0.39, 0.29) is 11.2 Å². The van der Waals surface area contributed by atoms with Crippen molar-refractivity contribution in [1.29, 1.82) is 0 Å². The maximum atomic E-state index is 12.5. The molecule has 2 aliphatic carbocycles. The van der Waals surface area contributed by atoms with Gasteiger partial charge in [0, 0.05) is 16.3 Å². The van der Waals surface area contributed by atoms with Crippen molar-refractivity contribution in [1.82, 2.24) is 15.3 Å². The number of carbonyl (C=O) groups excluding carboxylic acids is 1. The number of hydrogen-bond acceptors (Lipinski definition) is 5. The molecule has 2 aliphatic rings. The first-order valence-corrected chi connectivity index (χ1v) is 10.6. The second kappa shape index (κ2) is 7.00. The van der Waals surface area contributed by atoms with Gasteiger partial charge in [0.05, 0.1) is 5.25 Å². The lowest BCUT2D eigenvalue weighted by Gasteiger charge is -2.17. The molecule has 0 saturated heterocycles. The number of amides is 1. The fourth-order valence-electron chi connectivity index (χ4n) is 3.76. The highest BCUT2D eigenvalue weighted by atomic mass is 32.2. The molecule has 0 aliphatic heterocycles. The Morgan fingerprint density at radius 1 is 1.25 bits per heavy atom. The number of carbonyl (C=O) groups is 1. The fraction of sp³-hybridized carbons (Fsp3) is 0.611. The van der Waals surface area contributed by atoms with Gasteiger partial charge < -0.3 is 5.32 Å². The SMILES string of the molecule is C[C@@H](Sc1ncnc2sc3c(c12)CCCC3)C(=O)NC1CCCC1. The van der Waals surface area contributed by atoms with Crippen molar-refractivity contribution in [2.75, 3.05) is 0 Å². The maximum absolute atomic E-state index is 12.5. The van der Waals surface area contributed by atoms with Gasteiger partial charge in [0.25, 0.3) is 0 Å². The summed E-state index contributed by atoms with van der Waals surface area (Å²) in [7, 11) is 0. The Kier molecular flexibility index (Phi) is 4.77. The largest absolute Gasteiger partial charge is 0.352 e. The van der Waals surface area contributed by atoms with Gasteiger partial charge in [-0.1, -0.05) is 24.6 Å². The Balaban J connectivity index is 1.55. The monoisotopic (exact) mass is 361 g/mol. The van der Waals surface area contributed by atoms with Gasteiger partial charge in [-0.15, -0.1) is 11.3 Å². The van der Waals surface area contributed by atoms with Crippen LogP contribution in [0.1, 0.15) is 55.9 Å². The molecule has 1 amide bonds. The number of rotatable bonds is 4. The summed E-state index contributed by atoms with van der Waals surface area (Å²) in [5, 5.41) is 5.27. The van der Waals surface area contributed by atoms with E-state index in [2.05, 4.69) is 15.3 Å². The third kappa shape index (κ3) is 3.18. The number of thiophene rings is 1. The van der Waals surface area contributed by atoms with Gasteiger partial charge in [-0.25, -0.2) is 9.97 Å². The molecule has 2 heterocycles. The van der Waals surface area contributed by atoms with Crippen molar-refractivity contribution in [3.63, 3.8) is 0 Å². The molecule has 1 fully saturated rings. The van der Waals surface area contributed by atoms with E-state index in [9.17, 15) is 4.79 Å². The first-order chi connectivity index (χ1) is 11.7. The number of nitrogens with one attached hydrogen (secondary N) is 1. The van der Waals surface area contributed by atoms with E-state index in [4.69, 9.17) is 0 Å². The summed E-state index contributed by atoms with van der Waals surface area (Å²) in [6, 6.07) is 0.375. The zero-order valence-electron chi connectivity index (χ0n) is 14.0. The molecule has 1 saturated carbocycles. The van der Waals surface area contributed by atoms with Gasteiger partial charge in [-0.3, -0.25) is 4.79 Å². The molecule has 0 spiro atoms. The van der Waals surface area contributed by atoms with Crippen LogP contribution in [0.25, 0.3) is 10.2 Å². The van der Waals surface area contributed by atoms with Crippen molar-refractivity contribution in [3.05, 3.63) is 16.8 Å². The average molecular weight is 362 g/mol. The fourth-order valence-corrected chi connectivity index (χ4v) is 6.01. The van der Waals surface area contributed by atoms with Crippen molar-refractivity contribution in [2.45, 2.75) is 74.6 Å². The topological polar surface area (TPSA) is 54.9 Å². The van der Waals surface area contributed by atoms with Gasteiger partial charge in [0.2, 0.25) is 5.91 Å². The van der Waals surface area contributed by atoms with Gasteiger partial charge in [-0.2, -0.15) is 0 Å². The molecule has 0 bridgehead atoms. The van der Waals surface area contributed by atoms with E-state index in [1.807, 2.05) is 18.3 Å². The summed E-state index contributed by atoms with van der Waals surface area (Å²) in [6.45, 7) is 1.99. The molecule has 0 unspecified atom stereocenters. The van der Waals surface area contributed by atoms with Crippen LogP contribution in [-0.2, 0) is 17.6 Å². The highest BCUT2D eigenvalue weighted by molar-refractivity contribution is 8.00. The van der Waals surface area contributed by atoms with Crippen molar-refractivity contribution < 1.29 is 4.79 Å². The first kappa shape index (κ1) is 16.3. The van der Waals surface area contributed by atoms with Crippen molar-refractivity contribution in [3.8, 4) is 0 Å². The van der Waals surface area contributed by atoms with Crippen LogP contribution in [0.4, 0.5) is 0 Å². The minimum absolute atomic E-state index is 0.122. The molecule has 2 aromatic heterocycles. The van der Waals surface area contributed by atoms with Gasteiger partial charge in [0.15, 0.2) is 0 Å². The lowest BCUT2D eigenvalue weighted by atomic mass is 9.97. The van der Waals surface area contributed by atoms with Crippen LogP contribution >= 0.6 is 23.1 Å². The predicted octanol–water partition coefficient (Wildman–Crippen LogP) is 4.11. The number of fused-ring (bicyclic) bond motifs is 3. The summed E-state index contributed by atoms with van der Waals surface area (Å²) in [4.78, 5) is 24.0. The Morgan fingerprint density at radius 3 is 2.88 bits per heavy atom. The van der Waals surface area contributed by atoms with Crippen LogP contribution in [0.3, 0.4) is 0 Å². The molecule has 0 radical (unpaired) electrons. The van der Waals surface area contributed by atoms with Crippen molar-refractivity contribution >= 4 is 39.2 Å². The van der Waals surface area contributed by atoms with Crippen LogP contribution < -0.4 is 5.32 Å². The lowest BCUT2D eigenvalue weighted by Crippen LogP contribution is -2.37. The third-order valence-corrected chi connectivity index (χ3v) is 7.38. The molecule has 1 atom stereocenters. The molecule has 4 rings (SSSR count). The molecule has 24 heavy (non-hydrogen) atoms. The molecule has 6 heteroatoms. The minimum atomic E-state index is -0.122. The number of aryl methyl sites for hydroxylation is 2. The second-order valence-electron chi connectivity index (χ2n) is 6.82. The maximum Gasteiger partial charge on any atom is 0.233 e. The molecule has 4 nitrogen and oxygen atoms in total. The van der Waals surface area contributed by atoms with Crippen LogP contribution in [0.2, 0.25) is 0 Å².